The van der Waals surface area contributed by atoms with Crippen molar-refractivity contribution in [2.75, 3.05) is 17.6 Å². The van der Waals surface area contributed by atoms with Crippen LogP contribution in [-0.2, 0) is 0 Å². The zero-order valence-corrected chi connectivity index (χ0v) is 9.46. The van der Waals surface area contributed by atoms with Gasteiger partial charge in [-0.05, 0) is 12.5 Å². The van der Waals surface area contributed by atoms with E-state index in [1.807, 2.05) is 6.92 Å². The summed E-state index contributed by atoms with van der Waals surface area (Å²) in [5.74, 6) is 0.593. The van der Waals surface area contributed by atoms with Crippen LogP contribution in [-0.4, -0.2) is 22.7 Å². The lowest BCUT2D eigenvalue weighted by Crippen LogP contribution is -2.19. The Bertz CT molecular complexity index is 299. The largest absolute Gasteiger partial charge is 0.399 e. The predicted molar refractivity (Wildman–Crippen MR) is 63.1 cm³/mol. The Morgan fingerprint density at radius 1 is 1.60 bits per heavy atom. The molecule has 15 heavy (non-hydrogen) atoms. The van der Waals surface area contributed by atoms with Crippen molar-refractivity contribution in [1.29, 1.82) is 0 Å². The zero-order chi connectivity index (χ0) is 11.3. The Balaban J connectivity index is 2.50. The number of hydrogen-bond donors (Lipinski definition) is 3. The molecule has 0 aromatic carbocycles. The molecule has 5 heteroatoms. The highest BCUT2D eigenvalue weighted by Gasteiger charge is 2.03. The highest BCUT2D eigenvalue weighted by Crippen LogP contribution is 2.15. The first-order chi connectivity index (χ1) is 7.11. The molecule has 0 amide bonds. The van der Waals surface area contributed by atoms with Crippen molar-refractivity contribution in [1.82, 2.24) is 4.98 Å². The number of aliphatic hydroxyl groups excluding tert-OH is 1. The smallest absolute Gasteiger partial charge is 0.133 e. The Labute approximate surface area is 94.5 Å². The molecule has 1 rings (SSSR count). The van der Waals surface area contributed by atoms with Crippen molar-refractivity contribution in [2.24, 2.45) is 0 Å². The summed E-state index contributed by atoms with van der Waals surface area (Å²) in [6.07, 6.45) is 1.36. The summed E-state index contributed by atoms with van der Waals surface area (Å²) in [5.41, 5.74) is 6.16. The summed E-state index contributed by atoms with van der Waals surface area (Å²) >= 11 is 5.73. The molecule has 4 N–H and O–H groups in total. The second-order valence-corrected chi connectivity index (χ2v) is 3.82. The van der Waals surface area contributed by atoms with Gasteiger partial charge in [-0.3, -0.25) is 0 Å². The first-order valence-corrected chi connectivity index (χ1v) is 5.34. The van der Waals surface area contributed by atoms with Gasteiger partial charge in [0.1, 0.15) is 11.0 Å². The Morgan fingerprint density at radius 3 is 2.93 bits per heavy atom. The maximum atomic E-state index is 9.49. The molecule has 0 radical (unpaired) electrons. The maximum Gasteiger partial charge on any atom is 0.133 e. The number of pyridine rings is 1. The minimum absolute atomic E-state index is 0.350. The van der Waals surface area contributed by atoms with Crippen molar-refractivity contribution in [3.05, 3.63) is 17.3 Å². The number of nitrogens with zero attached hydrogens (tertiary/aromatic N) is 1. The van der Waals surface area contributed by atoms with E-state index in [9.17, 15) is 5.11 Å². The van der Waals surface area contributed by atoms with Crippen molar-refractivity contribution in [3.8, 4) is 0 Å². The molecule has 1 aromatic rings. The molecule has 1 unspecified atom stereocenters. The molecule has 0 saturated heterocycles. The van der Waals surface area contributed by atoms with Gasteiger partial charge in [0.05, 0.1) is 6.10 Å². The van der Waals surface area contributed by atoms with Crippen LogP contribution in [0.15, 0.2) is 12.1 Å². The van der Waals surface area contributed by atoms with Crippen molar-refractivity contribution in [3.63, 3.8) is 0 Å². The molecule has 0 bridgehead atoms. The van der Waals surface area contributed by atoms with Crippen molar-refractivity contribution in [2.45, 2.75) is 25.9 Å². The van der Waals surface area contributed by atoms with Gasteiger partial charge in [0.25, 0.3) is 0 Å². The molecular weight excluding hydrogens is 214 g/mol. The molecule has 4 nitrogen and oxygen atoms in total. The number of halogens is 1. The SMILES string of the molecule is CCCC(O)CNc1cc(N)cc(Cl)n1. The molecule has 1 heterocycles. The van der Waals surface area contributed by atoms with Crippen LogP contribution >= 0.6 is 11.6 Å². The number of nitrogens with one attached hydrogen (secondary N) is 1. The lowest BCUT2D eigenvalue weighted by Gasteiger charge is -2.11. The van der Waals surface area contributed by atoms with E-state index in [-0.39, 0.29) is 6.10 Å². The van der Waals surface area contributed by atoms with Gasteiger partial charge in [-0.1, -0.05) is 24.9 Å². The summed E-state index contributed by atoms with van der Waals surface area (Å²) in [4.78, 5) is 4.03. The predicted octanol–water partition coefficient (Wildman–Crippen LogP) is 1.89. The lowest BCUT2D eigenvalue weighted by atomic mass is 10.2. The van der Waals surface area contributed by atoms with E-state index >= 15 is 0 Å². The topological polar surface area (TPSA) is 71.2 Å². The van der Waals surface area contributed by atoms with Gasteiger partial charge < -0.3 is 16.2 Å². The summed E-state index contributed by atoms with van der Waals surface area (Å²) < 4.78 is 0. The normalized spacial score (nSPS) is 12.5. The summed E-state index contributed by atoms with van der Waals surface area (Å²) in [6, 6.07) is 3.26. The van der Waals surface area contributed by atoms with Crippen LogP contribution in [0.4, 0.5) is 11.5 Å². The maximum absolute atomic E-state index is 9.49. The molecule has 0 spiro atoms. The van der Waals surface area contributed by atoms with Crippen LogP contribution in [0, 0.1) is 0 Å². The quantitative estimate of drug-likeness (QED) is 0.675. The lowest BCUT2D eigenvalue weighted by molar-refractivity contribution is 0.176. The van der Waals surface area contributed by atoms with E-state index in [4.69, 9.17) is 17.3 Å². The van der Waals surface area contributed by atoms with Gasteiger partial charge in [0.2, 0.25) is 0 Å². The van der Waals surface area contributed by atoms with Gasteiger partial charge >= 0.3 is 0 Å². The van der Waals surface area contributed by atoms with Crippen molar-refractivity contribution < 1.29 is 5.11 Å². The second-order valence-electron chi connectivity index (χ2n) is 3.43. The fourth-order valence-corrected chi connectivity index (χ4v) is 1.48. The van der Waals surface area contributed by atoms with E-state index in [1.54, 1.807) is 12.1 Å². The molecule has 0 saturated carbocycles. The first-order valence-electron chi connectivity index (χ1n) is 4.96. The average molecular weight is 230 g/mol. The fraction of sp³-hybridized carbons (Fsp3) is 0.500. The Morgan fingerprint density at radius 2 is 2.33 bits per heavy atom. The number of anilines is 2. The Hall–Kier alpha value is -1.00. The molecule has 1 atom stereocenters. The zero-order valence-electron chi connectivity index (χ0n) is 8.70. The van der Waals surface area contributed by atoms with Crippen LogP contribution in [0.5, 0.6) is 0 Å². The highest BCUT2D eigenvalue weighted by molar-refractivity contribution is 6.29. The van der Waals surface area contributed by atoms with E-state index in [2.05, 4.69) is 10.3 Å². The highest BCUT2D eigenvalue weighted by atomic mass is 35.5. The average Bonchev–Trinajstić information content (AvgIpc) is 2.14. The third-order valence-electron chi connectivity index (χ3n) is 1.96. The number of rotatable bonds is 5. The third kappa shape index (κ3) is 4.36. The van der Waals surface area contributed by atoms with Gasteiger partial charge in [0, 0.05) is 18.3 Å². The van der Waals surface area contributed by atoms with E-state index in [0.717, 1.165) is 12.8 Å². The molecule has 0 aliphatic heterocycles. The first kappa shape index (κ1) is 12.1. The fourth-order valence-electron chi connectivity index (χ4n) is 1.26. The molecule has 0 aliphatic carbocycles. The van der Waals surface area contributed by atoms with Gasteiger partial charge in [-0.25, -0.2) is 4.98 Å². The minimum Gasteiger partial charge on any atom is -0.399 e. The van der Waals surface area contributed by atoms with Gasteiger partial charge in [0.15, 0.2) is 0 Å². The van der Waals surface area contributed by atoms with E-state index in [1.165, 1.54) is 0 Å². The van der Waals surface area contributed by atoms with E-state index < -0.39 is 0 Å². The summed E-state index contributed by atoms with van der Waals surface area (Å²) in [7, 11) is 0. The van der Waals surface area contributed by atoms with Gasteiger partial charge in [-0.2, -0.15) is 0 Å². The monoisotopic (exact) mass is 229 g/mol. The van der Waals surface area contributed by atoms with Crippen LogP contribution in [0.3, 0.4) is 0 Å². The summed E-state index contributed by atoms with van der Waals surface area (Å²) in [6.45, 7) is 2.49. The molecule has 0 fully saturated rings. The van der Waals surface area contributed by atoms with Crippen LogP contribution < -0.4 is 11.1 Å². The number of aliphatic hydroxyl groups is 1. The standard InChI is InChI=1S/C10H16ClN3O/c1-2-3-8(15)6-13-10-5-7(12)4-9(11)14-10/h4-5,8,15H,2-3,6H2,1H3,(H3,12,13,14). The number of nitrogen functional groups attached to an aromatic ring is 1. The molecule has 1 aromatic heterocycles. The number of nitrogens with two attached hydrogens (primary N) is 1. The van der Waals surface area contributed by atoms with Crippen molar-refractivity contribution >= 4 is 23.1 Å². The number of hydrogen-bond acceptors (Lipinski definition) is 4. The number of aromatic nitrogens is 1. The third-order valence-corrected chi connectivity index (χ3v) is 2.15. The van der Waals surface area contributed by atoms with Crippen LogP contribution in [0.1, 0.15) is 19.8 Å². The molecular formula is C10H16ClN3O. The summed E-state index contributed by atoms with van der Waals surface area (Å²) in [5, 5.41) is 12.8. The van der Waals surface area contributed by atoms with Crippen LogP contribution in [0.25, 0.3) is 0 Å². The molecule has 0 aliphatic rings. The second kappa shape index (κ2) is 5.78. The molecule has 84 valence electrons. The van der Waals surface area contributed by atoms with Gasteiger partial charge in [-0.15, -0.1) is 0 Å². The Kier molecular flexibility index (Phi) is 4.65. The van der Waals surface area contributed by atoms with E-state index in [0.29, 0.717) is 23.2 Å². The minimum atomic E-state index is -0.364. The van der Waals surface area contributed by atoms with Crippen LogP contribution in [0.2, 0.25) is 5.15 Å².